The van der Waals surface area contributed by atoms with E-state index in [1.54, 1.807) is 18.3 Å². The van der Waals surface area contributed by atoms with Crippen molar-refractivity contribution in [2.45, 2.75) is 6.92 Å². The molecule has 0 saturated heterocycles. The van der Waals surface area contributed by atoms with Crippen LogP contribution in [0.2, 0.25) is 0 Å². The van der Waals surface area contributed by atoms with Gasteiger partial charge in [0, 0.05) is 18.0 Å². The zero-order valence-corrected chi connectivity index (χ0v) is 8.39. The molecule has 0 unspecified atom stereocenters. The average Bonchev–Trinajstić information content (AvgIpc) is 2.58. The lowest BCUT2D eigenvalue weighted by Gasteiger charge is -2.03. The summed E-state index contributed by atoms with van der Waals surface area (Å²) >= 11 is 1.33. The Balaban J connectivity index is 2.60. The van der Waals surface area contributed by atoms with E-state index < -0.39 is 0 Å². The van der Waals surface area contributed by atoms with Crippen LogP contribution in [-0.2, 0) is 4.79 Å². The molecule has 14 heavy (non-hydrogen) atoms. The van der Waals surface area contributed by atoms with Gasteiger partial charge in [-0.25, -0.2) is 0 Å². The van der Waals surface area contributed by atoms with Crippen molar-refractivity contribution in [1.29, 1.82) is 0 Å². The molecule has 3 N–H and O–H groups in total. The van der Waals surface area contributed by atoms with Crippen LogP contribution in [0.25, 0.3) is 10.1 Å². The van der Waals surface area contributed by atoms with Crippen LogP contribution >= 0.6 is 11.5 Å². The van der Waals surface area contributed by atoms with E-state index in [1.165, 1.54) is 18.5 Å². The van der Waals surface area contributed by atoms with E-state index in [1.807, 2.05) is 0 Å². The summed E-state index contributed by atoms with van der Waals surface area (Å²) in [6, 6.07) is 3.55. The fourth-order valence-corrected chi connectivity index (χ4v) is 2.02. The summed E-state index contributed by atoms with van der Waals surface area (Å²) in [5.74, 6) is -0.0931. The van der Waals surface area contributed by atoms with Crippen molar-refractivity contribution in [1.82, 2.24) is 4.37 Å². The Morgan fingerprint density at radius 3 is 3.07 bits per heavy atom. The van der Waals surface area contributed by atoms with Gasteiger partial charge in [-0.05, 0) is 23.7 Å². The number of hydrogen-bond acceptors (Lipinski definition) is 4. The molecule has 1 amide bonds. The normalized spacial score (nSPS) is 10.4. The summed E-state index contributed by atoms with van der Waals surface area (Å²) in [4.78, 5) is 10.9. The molecule has 2 aromatic rings. The first-order chi connectivity index (χ1) is 6.68. The first-order valence-corrected chi connectivity index (χ1v) is 4.86. The molecular formula is C9H9N3OS. The molecular weight excluding hydrogens is 198 g/mol. The van der Waals surface area contributed by atoms with Gasteiger partial charge in [0.05, 0.1) is 16.6 Å². The number of nitrogen functional groups attached to an aromatic ring is 1. The number of nitrogens with two attached hydrogens (primary N) is 1. The van der Waals surface area contributed by atoms with Gasteiger partial charge in [-0.3, -0.25) is 4.79 Å². The van der Waals surface area contributed by atoms with E-state index in [0.29, 0.717) is 5.69 Å². The van der Waals surface area contributed by atoms with Gasteiger partial charge in [-0.15, -0.1) is 0 Å². The minimum absolute atomic E-state index is 0.0931. The monoisotopic (exact) mass is 207 g/mol. The molecule has 1 aromatic heterocycles. The molecule has 0 radical (unpaired) electrons. The Bertz CT molecular complexity index is 492. The maximum absolute atomic E-state index is 10.9. The second-order valence-corrected chi connectivity index (χ2v) is 3.75. The van der Waals surface area contributed by atoms with E-state index in [0.717, 1.165) is 15.8 Å². The van der Waals surface area contributed by atoms with Gasteiger partial charge in [0.15, 0.2) is 0 Å². The van der Waals surface area contributed by atoms with E-state index in [2.05, 4.69) is 9.69 Å². The third-order valence-corrected chi connectivity index (χ3v) is 2.70. The number of benzene rings is 1. The number of rotatable bonds is 1. The van der Waals surface area contributed by atoms with Gasteiger partial charge in [0.25, 0.3) is 0 Å². The molecule has 5 heteroatoms. The van der Waals surface area contributed by atoms with E-state index >= 15 is 0 Å². The highest BCUT2D eigenvalue weighted by Crippen LogP contribution is 2.30. The van der Waals surface area contributed by atoms with Crippen LogP contribution < -0.4 is 11.1 Å². The molecule has 0 aliphatic rings. The highest BCUT2D eigenvalue weighted by Gasteiger charge is 2.06. The van der Waals surface area contributed by atoms with Gasteiger partial charge < -0.3 is 11.1 Å². The topological polar surface area (TPSA) is 68.0 Å². The largest absolute Gasteiger partial charge is 0.398 e. The molecule has 0 saturated carbocycles. The van der Waals surface area contributed by atoms with Crippen molar-refractivity contribution in [3.63, 3.8) is 0 Å². The number of carbonyl (C=O) groups is 1. The van der Waals surface area contributed by atoms with Crippen molar-refractivity contribution < 1.29 is 4.79 Å². The predicted octanol–water partition coefficient (Wildman–Crippen LogP) is 1.84. The zero-order valence-electron chi connectivity index (χ0n) is 7.57. The van der Waals surface area contributed by atoms with Crippen molar-refractivity contribution in [3.05, 3.63) is 18.3 Å². The molecule has 0 atom stereocenters. The third-order valence-electron chi connectivity index (χ3n) is 1.87. The molecule has 1 aromatic carbocycles. The number of anilines is 2. The number of carbonyl (C=O) groups excluding carboxylic acids is 1. The van der Waals surface area contributed by atoms with Gasteiger partial charge in [0.1, 0.15) is 0 Å². The average molecular weight is 207 g/mol. The first kappa shape index (κ1) is 8.96. The third kappa shape index (κ3) is 1.42. The fraction of sp³-hybridized carbons (Fsp3) is 0.111. The highest BCUT2D eigenvalue weighted by atomic mass is 32.1. The SMILES string of the molecule is CC(=O)Nc1ccc(N)c2cnsc12. The highest BCUT2D eigenvalue weighted by molar-refractivity contribution is 7.14. The van der Waals surface area contributed by atoms with E-state index in [9.17, 15) is 4.79 Å². The molecule has 0 spiro atoms. The summed E-state index contributed by atoms with van der Waals surface area (Å²) < 4.78 is 4.96. The molecule has 0 bridgehead atoms. The standard InChI is InChI=1S/C9H9N3OS/c1-5(13)12-8-3-2-7(10)6-4-11-14-9(6)8/h2-4H,10H2,1H3,(H,12,13). The molecule has 2 rings (SSSR count). The summed E-state index contributed by atoms with van der Waals surface area (Å²) in [6.07, 6.45) is 1.71. The molecule has 0 fully saturated rings. The van der Waals surface area contributed by atoms with Gasteiger partial charge in [-0.2, -0.15) is 4.37 Å². The molecule has 72 valence electrons. The van der Waals surface area contributed by atoms with Crippen molar-refractivity contribution in [2.75, 3.05) is 11.1 Å². The van der Waals surface area contributed by atoms with E-state index in [4.69, 9.17) is 5.73 Å². The van der Waals surface area contributed by atoms with Gasteiger partial charge in [0.2, 0.25) is 5.91 Å². The Morgan fingerprint density at radius 1 is 1.57 bits per heavy atom. The molecule has 0 aliphatic carbocycles. The van der Waals surface area contributed by atoms with Crippen LogP contribution in [0.1, 0.15) is 6.92 Å². The maximum Gasteiger partial charge on any atom is 0.221 e. The van der Waals surface area contributed by atoms with Crippen molar-refractivity contribution >= 4 is 38.9 Å². The summed E-state index contributed by atoms with van der Waals surface area (Å²) in [6.45, 7) is 1.48. The molecule has 1 heterocycles. The summed E-state index contributed by atoms with van der Waals surface area (Å²) in [5, 5.41) is 3.63. The van der Waals surface area contributed by atoms with Crippen LogP contribution in [0.5, 0.6) is 0 Å². The second kappa shape index (κ2) is 3.26. The minimum Gasteiger partial charge on any atom is -0.398 e. The molecule has 4 nitrogen and oxygen atoms in total. The predicted molar refractivity (Wildman–Crippen MR) is 58.3 cm³/mol. The Morgan fingerprint density at radius 2 is 2.36 bits per heavy atom. The zero-order chi connectivity index (χ0) is 10.1. The lowest BCUT2D eigenvalue weighted by Crippen LogP contribution is -2.05. The fourth-order valence-electron chi connectivity index (χ4n) is 1.27. The number of hydrogen-bond donors (Lipinski definition) is 2. The van der Waals surface area contributed by atoms with Crippen molar-refractivity contribution in [3.8, 4) is 0 Å². The van der Waals surface area contributed by atoms with E-state index in [-0.39, 0.29) is 5.91 Å². The summed E-state index contributed by atoms with van der Waals surface area (Å²) in [5.41, 5.74) is 7.21. The van der Waals surface area contributed by atoms with Crippen LogP contribution in [0.15, 0.2) is 18.3 Å². The van der Waals surface area contributed by atoms with Crippen LogP contribution in [-0.4, -0.2) is 10.3 Å². The van der Waals surface area contributed by atoms with Crippen LogP contribution in [0.4, 0.5) is 11.4 Å². The maximum atomic E-state index is 10.9. The number of nitrogens with zero attached hydrogens (tertiary/aromatic N) is 1. The number of nitrogens with one attached hydrogen (secondary N) is 1. The minimum atomic E-state index is -0.0931. The summed E-state index contributed by atoms with van der Waals surface area (Å²) in [7, 11) is 0. The first-order valence-electron chi connectivity index (χ1n) is 4.09. The Hall–Kier alpha value is -1.62. The van der Waals surface area contributed by atoms with Gasteiger partial charge >= 0.3 is 0 Å². The number of fused-ring (bicyclic) bond motifs is 1. The Labute approximate surface area is 84.9 Å². The Kier molecular flexibility index (Phi) is 2.09. The number of aromatic nitrogens is 1. The lowest BCUT2D eigenvalue weighted by atomic mass is 10.2. The quantitative estimate of drug-likeness (QED) is 0.701. The van der Waals surface area contributed by atoms with Crippen LogP contribution in [0.3, 0.4) is 0 Å². The second-order valence-electron chi connectivity index (χ2n) is 2.95. The lowest BCUT2D eigenvalue weighted by molar-refractivity contribution is -0.114. The van der Waals surface area contributed by atoms with Crippen LogP contribution in [0, 0.1) is 0 Å². The number of amides is 1. The van der Waals surface area contributed by atoms with Crippen molar-refractivity contribution in [2.24, 2.45) is 0 Å². The smallest absolute Gasteiger partial charge is 0.221 e. The molecule has 0 aliphatic heterocycles. The van der Waals surface area contributed by atoms with Gasteiger partial charge in [-0.1, -0.05) is 0 Å².